The second kappa shape index (κ2) is 3.81. The highest BCUT2D eigenvalue weighted by atomic mass is 16.6. The molecular formula is C13H16O3. The van der Waals surface area contributed by atoms with E-state index in [0.717, 1.165) is 17.7 Å². The van der Waals surface area contributed by atoms with Crippen molar-refractivity contribution in [2.45, 2.75) is 32.8 Å². The lowest BCUT2D eigenvalue weighted by Crippen LogP contribution is -2.23. The van der Waals surface area contributed by atoms with Crippen molar-refractivity contribution in [1.29, 1.82) is 0 Å². The normalized spacial score (nSPS) is 14.2. The van der Waals surface area contributed by atoms with Crippen molar-refractivity contribution in [3.05, 3.63) is 29.3 Å². The van der Waals surface area contributed by atoms with E-state index in [9.17, 15) is 4.79 Å². The van der Waals surface area contributed by atoms with Crippen LogP contribution in [-0.4, -0.2) is 18.2 Å². The summed E-state index contributed by atoms with van der Waals surface area (Å²) < 4.78 is 10.7. The fourth-order valence-corrected chi connectivity index (χ4v) is 1.65. The Bertz CT molecular complexity index is 416. The average molecular weight is 220 g/mol. The number of hydrogen-bond donors (Lipinski definition) is 0. The van der Waals surface area contributed by atoms with Crippen molar-refractivity contribution >= 4 is 5.97 Å². The molecule has 0 saturated carbocycles. The Labute approximate surface area is 95.4 Å². The zero-order valence-corrected chi connectivity index (χ0v) is 9.87. The Balaban J connectivity index is 2.19. The summed E-state index contributed by atoms with van der Waals surface area (Å²) in [5, 5.41) is 0. The summed E-state index contributed by atoms with van der Waals surface area (Å²) in [6.07, 6.45) is 0.867. The van der Waals surface area contributed by atoms with E-state index in [2.05, 4.69) is 0 Å². The predicted molar refractivity (Wildman–Crippen MR) is 60.8 cm³/mol. The maximum atomic E-state index is 11.8. The number of benzene rings is 1. The van der Waals surface area contributed by atoms with E-state index < -0.39 is 5.60 Å². The summed E-state index contributed by atoms with van der Waals surface area (Å²) >= 11 is 0. The van der Waals surface area contributed by atoms with Crippen LogP contribution in [0.15, 0.2) is 18.2 Å². The minimum atomic E-state index is -0.452. The van der Waals surface area contributed by atoms with E-state index in [4.69, 9.17) is 9.47 Å². The molecule has 0 aliphatic carbocycles. The fourth-order valence-electron chi connectivity index (χ4n) is 1.65. The molecule has 1 aromatic carbocycles. The van der Waals surface area contributed by atoms with Gasteiger partial charge in [-0.05, 0) is 44.5 Å². The molecule has 16 heavy (non-hydrogen) atoms. The summed E-state index contributed by atoms with van der Waals surface area (Å²) in [4.78, 5) is 11.8. The van der Waals surface area contributed by atoms with Gasteiger partial charge >= 0.3 is 5.97 Å². The van der Waals surface area contributed by atoms with Gasteiger partial charge in [0.15, 0.2) is 0 Å². The van der Waals surface area contributed by atoms with Crippen LogP contribution in [0.4, 0.5) is 0 Å². The van der Waals surface area contributed by atoms with E-state index in [1.807, 2.05) is 32.9 Å². The average Bonchev–Trinajstić information content (AvgIpc) is 2.61. The maximum absolute atomic E-state index is 11.8. The molecule has 3 heteroatoms. The van der Waals surface area contributed by atoms with Crippen LogP contribution in [0.25, 0.3) is 0 Å². The molecule has 3 nitrogen and oxygen atoms in total. The third kappa shape index (κ3) is 2.35. The SMILES string of the molecule is CC(C)(C)OC(=O)c1ccc2c(c1)CCO2. The maximum Gasteiger partial charge on any atom is 0.338 e. The van der Waals surface area contributed by atoms with Gasteiger partial charge in [0.25, 0.3) is 0 Å². The molecule has 1 heterocycles. The number of ether oxygens (including phenoxy) is 2. The van der Waals surface area contributed by atoms with Crippen LogP contribution >= 0.6 is 0 Å². The third-order valence-electron chi connectivity index (χ3n) is 2.32. The molecule has 1 aromatic rings. The Kier molecular flexibility index (Phi) is 2.62. The number of esters is 1. The third-order valence-corrected chi connectivity index (χ3v) is 2.32. The highest BCUT2D eigenvalue weighted by molar-refractivity contribution is 5.90. The summed E-state index contributed by atoms with van der Waals surface area (Å²) in [6, 6.07) is 5.44. The van der Waals surface area contributed by atoms with E-state index in [-0.39, 0.29) is 5.97 Å². The molecule has 0 aromatic heterocycles. The summed E-state index contributed by atoms with van der Waals surface area (Å²) in [7, 11) is 0. The Morgan fingerprint density at radius 2 is 2.12 bits per heavy atom. The van der Waals surface area contributed by atoms with E-state index >= 15 is 0 Å². The second-order valence-corrected chi connectivity index (χ2v) is 4.92. The topological polar surface area (TPSA) is 35.5 Å². The van der Waals surface area contributed by atoms with Gasteiger partial charge in [0.05, 0.1) is 12.2 Å². The molecule has 0 bridgehead atoms. The molecule has 2 rings (SSSR count). The van der Waals surface area contributed by atoms with Crippen molar-refractivity contribution in [1.82, 2.24) is 0 Å². The Morgan fingerprint density at radius 1 is 1.38 bits per heavy atom. The fraction of sp³-hybridized carbons (Fsp3) is 0.462. The van der Waals surface area contributed by atoms with Gasteiger partial charge in [-0.3, -0.25) is 0 Å². The van der Waals surface area contributed by atoms with E-state index in [1.54, 1.807) is 6.07 Å². The first-order chi connectivity index (χ1) is 7.46. The molecule has 0 atom stereocenters. The highest BCUT2D eigenvalue weighted by Crippen LogP contribution is 2.26. The number of carbonyl (C=O) groups excluding carboxylic acids is 1. The lowest BCUT2D eigenvalue weighted by atomic mass is 10.1. The molecule has 0 N–H and O–H groups in total. The van der Waals surface area contributed by atoms with E-state index in [0.29, 0.717) is 12.2 Å². The number of rotatable bonds is 1. The highest BCUT2D eigenvalue weighted by Gasteiger charge is 2.20. The summed E-state index contributed by atoms with van der Waals surface area (Å²) in [5.74, 6) is 0.606. The van der Waals surface area contributed by atoms with Gasteiger partial charge in [0, 0.05) is 6.42 Å². The minimum Gasteiger partial charge on any atom is -0.493 e. The summed E-state index contributed by atoms with van der Waals surface area (Å²) in [5.41, 5.74) is 1.23. The molecule has 1 aliphatic heterocycles. The van der Waals surface area contributed by atoms with Crippen LogP contribution < -0.4 is 4.74 Å². The molecule has 1 aliphatic rings. The van der Waals surface area contributed by atoms with Crippen molar-refractivity contribution in [2.75, 3.05) is 6.61 Å². The molecule has 0 amide bonds. The zero-order valence-electron chi connectivity index (χ0n) is 9.87. The van der Waals surface area contributed by atoms with Crippen molar-refractivity contribution in [2.24, 2.45) is 0 Å². The lowest BCUT2D eigenvalue weighted by molar-refractivity contribution is 0.00695. The monoisotopic (exact) mass is 220 g/mol. The van der Waals surface area contributed by atoms with E-state index in [1.165, 1.54) is 0 Å². The quantitative estimate of drug-likeness (QED) is 0.682. The number of hydrogen-bond acceptors (Lipinski definition) is 3. The van der Waals surface area contributed by atoms with Gasteiger partial charge in [-0.25, -0.2) is 4.79 Å². The van der Waals surface area contributed by atoms with Gasteiger partial charge in [0.1, 0.15) is 11.4 Å². The number of fused-ring (bicyclic) bond motifs is 1. The Hall–Kier alpha value is -1.51. The largest absolute Gasteiger partial charge is 0.493 e. The molecular weight excluding hydrogens is 204 g/mol. The first kappa shape index (κ1) is 11.0. The van der Waals surface area contributed by atoms with Crippen molar-refractivity contribution in [3.8, 4) is 5.75 Å². The number of carbonyl (C=O) groups is 1. The van der Waals surface area contributed by atoms with Crippen molar-refractivity contribution < 1.29 is 14.3 Å². The van der Waals surface area contributed by atoms with Crippen LogP contribution in [0.2, 0.25) is 0 Å². The minimum absolute atomic E-state index is 0.276. The lowest BCUT2D eigenvalue weighted by Gasteiger charge is -2.19. The van der Waals surface area contributed by atoms with Crippen LogP contribution in [0.1, 0.15) is 36.7 Å². The molecule has 0 spiro atoms. The Morgan fingerprint density at radius 3 is 2.81 bits per heavy atom. The zero-order chi connectivity index (χ0) is 11.8. The first-order valence-corrected chi connectivity index (χ1v) is 5.45. The van der Waals surface area contributed by atoms with Gasteiger partial charge < -0.3 is 9.47 Å². The van der Waals surface area contributed by atoms with Gasteiger partial charge in [-0.1, -0.05) is 0 Å². The molecule has 86 valence electrons. The second-order valence-electron chi connectivity index (χ2n) is 4.92. The van der Waals surface area contributed by atoms with Gasteiger partial charge in [0.2, 0.25) is 0 Å². The van der Waals surface area contributed by atoms with Crippen molar-refractivity contribution in [3.63, 3.8) is 0 Å². The summed E-state index contributed by atoms with van der Waals surface area (Å²) in [6.45, 7) is 6.29. The predicted octanol–water partition coefficient (Wildman–Crippen LogP) is 2.58. The molecule has 0 unspecified atom stereocenters. The van der Waals surface area contributed by atoms with Gasteiger partial charge in [-0.15, -0.1) is 0 Å². The molecule has 0 radical (unpaired) electrons. The smallest absolute Gasteiger partial charge is 0.338 e. The molecule has 0 saturated heterocycles. The van der Waals surface area contributed by atoms with Crippen LogP contribution in [0, 0.1) is 0 Å². The molecule has 0 fully saturated rings. The van der Waals surface area contributed by atoms with Gasteiger partial charge in [-0.2, -0.15) is 0 Å². The van der Waals surface area contributed by atoms with Crippen LogP contribution in [0.3, 0.4) is 0 Å². The van der Waals surface area contributed by atoms with Crippen LogP contribution in [-0.2, 0) is 11.2 Å². The van der Waals surface area contributed by atoms with Crippen LogP contribution in [0.5, 0.6) is 5.75 Å². The standard InChI is InChI=1S/C13H16O3/c1-13(2,3)16-12(14)10-4-5-11-9(8-10)6-7-15-11/h4-5,8H,6-7H2,1-3H3. The first-order valence-electron chi connectivity index (χ1n) is 5.45.